The summed E-state index contributed by atoms with van der Waals surface area (Å²) in [5.74, 6) is 2.23. The van der Waals surface area contributed by atoms with Crippen LogP contribution in [0.2, 0.25) is 5.02 Å². The Hall–Kier alpha value is -0.410. The Morgan fingerprint density at radius 3 is 3.07 bits per heavy atom. The molecular weight excluding hydrogens is 216 g/mol. The summed E-state index contributed by atoms with van der Waals surface area (Å²) in [4.78, 5) is 6.64. The van der Waals surface area contributed by atoms with E-state index >= 15 is 0 Å². The Labute approximate surface area is 93.7 Å². The van der Waals surface area contributed by atoms with Gasteiger partial charge in [-0.3, -0.25) is 0 Å². The smallest absolute Gasteiger partial charge is 0.128 e. The molecular formula is C10H13ClN2S. The number of aromatic nitrogens is 1. The molecule has 1 fully saturated rings. The SMILES string of the molecule is CC1CN(c2ccc(Cl)cn2)CCS1. The molecule has 0 amide bonds. The van der Waals surface area contributed by atoms with Crippen molar-refractivity contribution in [3.63, 3.8) is 0 Å². The van der Waals surface area contributed by atoms with E-state index in [-0.39, 0.29) is 0 Å². The first-order valence-corrected chi connectivity index (χ1v) is 6.16. The monoisotopic (exact) mass is 228 g/mol. The van der Waals surface area contributed by atoms with Gasteiger partial charge in [-0.2, -0.15) is 11.8 Å². The molecule has 0 bridgehead atoms. The second-order valence-electron chi connectivity index (χ2n) is 3.46. The van der Waals surface area contributed by atoms with E-state index in [9.17, 15) is 0 Å². The van der Waals surface area contributed by atoms with Gasteiger partial charge in [-0.25, -0.2) is 4.98 Å². The lowest BCUT2D eigenvalue weighted by molar-refractivity contribution is 0.770. The van der Waals surface area contributed by atoms with Crippen LogP contribution in [0.15, 0.2) is 18.3 Å². The minimum atomic E-state index is 0.696. The second-order valence-corrected chi connectivity index (χ2v) is 5.44. The normalized spacial score (nSPS) is 22.4. The van der Waals surface area contributed by atoms with Crippen molar-refractivity contribution in [1.82, 2.24) is 4.98 Å². The number of thioether (sulfide) groups is 1. The molecule has 1 aromatic heterocycles. The number of nitrogens with zero attached hydrogens (tertiary/aromatic N) is 2. The Morgan fingerprint density at radius 2 is 2.43 bits per heavy atom. The van der Waals surface area contributed by atoms with Gasteiger partial charge >= 0.3 is 0 Å². The van der Waals surface area contributed by atoms with Crippen molar-refractivity contribution >= 4 is 29.2 Å². The minimum absolute atomic E-state index is 0.696. The Bertz CT molecular complexity index is 301. The van der Waals surface area contributed by atoms with E-state index in [0.29, 0.717) is 10.3 Å². The van der Waals surface area contributed by atoms with E-state index in [0.717, 1.165) is 18.9 Å². The molecule has 1 atom stereocenters. The van der Waals surface area contributed by atoms with Crippen molar-refractivity contribution in [2.45, 2.75) is 12.2 Å². The second kappa shape index (κ2) is 4.41. The summed E-state index contributed by atoms with van der Waals surface area (Å²) >= 11 is 7.82. The average Bonchev–Trinajstić information content (AvgIpc) is 2.19. The molecule has 0 spiro atoms. The van der Waals surface area contributed by atoms with E-state index in [1.165, 1.54) is 5.75 Å². The summed E-state index contributed by atoms with van der Waals surface area (Å²) in [5, 5.41) is 1.40. The Kier molecular flexibility index (Phi) is 3.19. The number of anilines is 1. The van der Waals surface area contributed by atoms with Gasteiger partial charge < -0.3 is 4.90 Å². The van der Waals surface area contributed by atoms with Gasteiger partial charge in [-0.15, -0.1) is 0 Å². The van der Waals surface area contributed by atoms with Crippen molar-refractivity contribution < 1.29 is 0 Å². The largest absolute Gasteiger partial charge is 0.355 e. The standard InChI is InChI=1S/C10H13ClN2S/c1-8-7-13(4-5-14-8)10-3-2-9(11)6-12-10/h2-3,6,8H,4-5,7H2,1H3. The maximum atomic E-state index is 5.79. The molecule has 14 heavy (non-hydrogen) atoms. The fourth-order valence-electron chi connectivity index (χ4n) is 1.58. The van der Waals surface area contributed by atoms with Gasteiger partial charge in [0, 0.05) is 30.3 Å². The first kappa shape index (κ1) is 10.1. The van der Waals surface area contributed by atoms with Gasteiger partial charge in [-0.1, -0.05) is 18.5 Å². The fraction of sp³-hybridized carbons (Fsp3) is 0.500. The van der Waals surface area contributed by atoms with Gasteiger partial charge in [0.05, 0.1) is 5.02 Å². The van der Waals surface area contributed by atoms with Crippen LogP contribution in [0.4, 0.5) is 5.82 Å². The van der Waals surface area contributed by atoms with Crippen LogP contribution in [0, 0.1) is 0 Å². The molecule has 0 saturated carbocycles. The van der Waals surface area contributed by atoms with Gasteiger partial charge in [0.15, 0.2) is 0 Å². The highest BCUT2D eigenvalue weighted by molar-refractivity contribution is 8.00. The molecule has 4 heteroatoms. The highest BCUT2D eigenvalue weighted by Crippen LogP contribution is 2.22. The van der Waals surface area contributed by atoms with Gasteiger partial charge in [0.1, 0.15) is 5.82 Å². The van der Waals surface area contributed by atoms with Crippen LogP contribution in [0.1, 0.15) is 6.92 Å². The molecule has 1 saturated heterocycles. The van der Waals surface area contributed by atoms with E-state index in [1.807, 2.05) is 23.9 Å². The molecule has 2 heterocycles. The molecule has 1 aliphatic rings. The predicted octanol–water partition coefficient (Wildman–Crippen LogP) is 2.68. The van der Waals surface area contributed by atoms with Crippen LogP contribution in [-0.4, -0.2) is 29.1 Å². The van der Waals surface area contributed by atoms with Crippen LogP contribution >= 0.6 is 23.4 Å². The first-order valence-electron chi connectivity index (χ1n) is 4.74. The quantitative estimate of drug-likeness (QED) is 0.735. The number of hydrogen-bond acceptors (Lipinski definition) is 3. The third-order valence-electron chi connectivity index (χ3n) is 2.28. The maximum Gasteiger partial charge on any atom is 0.128 e. The zero-order valence-corrected chi connectivity index (χ0v) is 9.68. The van der Waals surface area contributed by atoms with Crippen molar-refractivity contribution in [3.8, 4) is 0 Å². The average molecular weight is 229 g/mol. The predicted molar refractivity (Wildman–Crippen MR) is 63.4 cm³/mol. The highest BCUT2D eigenvalue weighted by atomic mass is 35.5. The summed E-state index contributed by atoms with van der Waals surface area (Å²) < 4.78 is 0. The summed E-state index contributed by atoms with van der Waals surface area (Å²) in [6.45, 7) is 4.43. The first-order chi connectivity index (χ1) is 6.75. The molecule has 2 rings (SSSR count). The number of halogens is 1. The number of hydrogen-bond donors (Lipinski definition) is 0. The van der Waals surface area contributed by atoms with Crippen molar-refractivity contribution in [2.24, 2.45) is 0 Å². The molecule has 1 aliphatic heterocycles. The summed E-state index contributed by atoms with van der Waals surface area (Å²) in [6, 6.07) is 3.89. The van der Waals surface area contributed by atoms with Crippen LogP contribution < -0.4 is 4.90 Å². The lowest BCUT2D eigenvalue weighted by atomic mass is 10.3. The van der Waals surface area contributed by atoms with Gasteiger partial charge in [-0.05, 0) is 12.1 Å². The Balaban J connectivity index is 2.10. The molecule has 2 nitrogen and oxygen atoms in total. The van der Waals surface area contributed by atoms with Crippen molar-refractivity contribution in [2.75, 3.05) is 23.7 Å². The number of pyridine rings is 1. The van der Waals surface area contributed by atoms with E-state index < -0.39 is 0 Å². The topological polar surface area (TPSA) is 16.1 Å². The van der Waals surface area contributed by atoms with E-state index in [1.54, 1.807) is 6.20 Å². The number of rotatable bonds is 1. The molecule has 0 aliphatic carbocycles. The summed E-state index contributed by atoms with van der Waals surface area (Å²) in [5.41, 5.74) is 0. The maximum absolute atomic E-state index is 5.79. The summed E-state index contributed by atoms with van der Waals surface area (Å²) in [7, 11) is 0. The van der Waals surface area contributed by atoms with Crippen LogP contribution in [0.5, 0.6) is 0 Å². The Morgan fingerprint density at radius 1 is 1.57 bits per heavy atom. The van der Waals surface area contributed by atoms with E-state index in [4.69, 9.17) is 11.6 Å². The van der Waals surface area contributed by atoms with Crippen LogP contribution in [-0.2, 0) is 0 Å². The lowest BCUT2D eigenvalue weighted by Crippen LogP contribution is -2.37. The summed E-state index contributed by atoms with van der Waals surface area (Å²) in [6.07, 6.45) is 1.71. The molecule has 0 radical (unpaired) electrons. The molecule has 1 unspecified atom stereocenters. The zero-order valence-electron chi connectivity index (χ0n) is 8.11. The molecule has 0 N–H and O–H groups in total. The van der Waals surface area contributed by atoms with Crippen LogP contribution in [0.25, 0.3) is 0 Å². The minimum Gasteiger partial charge on any atom is -0.355 e. The molecule has 0 aromatic carbocycles. The van der Waals surface area contributed by atoms with Crippen molar-refractivity contribution in [1.29, 1.82) is 0 Å². The molecule has 76 valence electrons. The third-order valence-corrected chi connectivity index (χ3v) is 3.64. The van der Waals surface area contributed by atoms with E-state index in [2.05, 4.69) is 16.8 Å². The fourth-order valence-corrected chi connectivity index (χ4v) is 2.71. The highest BCUT2D eigenvalue weighted by Gasteiger charge is 2.17. The lowest BCUT2D eigenvalue weighted by Gasteiger charge is -2.31. The van der Waals surface area contributed by atoms with Gasteiger partial charge in [0.2, 0.25) is 0 Å². The molecule has 1 aromatic rings. The third kappa shape index (κ3) is 2.34. The van der Waals surface area contributed by atoms with Crippen LogP contribution in [0.3, 0.4) is 0 Å². The van der Waals surface area contributed by atoms with Crippen molar-refractivity contribution in [3.05, 3.63) is 23.4 Å². The van der Waals surface area contributed by atoms with Gasteiger partial charge in [0.25, 0.3) is 0 Å². The zero-order chi connectivity index (χ0) is 9.97.